The first-order chi connectivity index (χ1) is 19.3. The number of aryl methyl sites for hydroxylation is 1. The molecule has 1 saturated heterocycles. The number of carbonyl (C=O) groups is 4. The van der Waals surface area contributed by atoms with E-state index < -0.39 is 30.0 Å². The summed E-state index contributed by atoms with van der Waals surface area (Å²) in [4.78, 5) is 56.5. The Morgan fingerprint density at radius 1 is 1.12 bits per heavy atom. The van der Waals surface area contributed by atoms with Crippen molar-refractivity contribution >= 4 is 23.8 Å². The molecular weight excluding hydrogens is 520 g/mol. The first-order valence-electron chi connectivity index (χ1n) is 13.4. The summed E-state index contributed by atoms with van der Waals surface area (Å²) in [7, 11) is 1.56. The van der Waals surface area contributed by atoms with Gasteiger partial charge in [-0.2, -0.15) is 0 Å². The van der Waals surface area contributed by atoms with E-state index in [-0.39, 0.29) is 38.1 Å². The average molecular weight is 557 g/mol. The Bertz CT molecular complexity index is 1230. The molecule has 40 heavy (non-hydrogen) atoms. The van der Waals surface area contributed by atoms with Crippen LogP contribution in [0, 0.1) is 5.92 Å². The second-order valence-electron chi connectivity index (χ2n) is 10.0. The topological polar surface area (TPSA) is 153 Å². The van der Waals surface area contributed by atoms with Gasteiger partial charge in [-0.05, 0) is 37.0 Å². The Kier molecular flexibility index (Phi) is 9.46. The highest BCUT2D eigenvalue weighted by Gasteiger charge is 2.34. The lowest BCUT2D eigenvalue weighted by molar-refractivity contribution is -0.138. The molecule has 0 aliphatic carbocycles. The predicted molar refractivity (Wildman–Crippen MR) is 144 cm³/mol. The summed E-state index contributed by atoms with van der Waals surface area (Å²) in [5.41, 5.74) is 0.839. The molecule has 2 atom stereocenters. The maximum Gasteiger partial charge on any atom is 0.407 e. The SMILES string of the molecule is COc1ccc2cc1OCCCN(C(=O)[C@@H]1COC(=O)N1)CC(=O)N[C@H](C(C)C)C(=O)NCCCn1ccnc1-2. The first-order valence-corrected chi connectivity index (χ1v) is 13.4. The highest BCUT2D eigenvalue weighted by Crippen LogP contribution is 2.32. The molecule has 4 amide bonds. The summed E-state index contributed by atoms with van der Waals surface area (Å²) in [6, 6.07) is 3.89. The highest BCUT2D eigenvalue weighted by molar-refractivity contribution is 5.93. The number of fused-ring (bicyclic) bond motifs is 4. The van der Waals surface area contributed by atoms with Crippen molar-refractivity contribution in [3.63, 3.8) is 0 Å². The largest absolute Gasteiger partial charge is 0.493 e. The molecule has 13 nitrogen and oxygen atoms in total. The Labute approximate surface area is 232 Å². The van der Waals surface area contributed by atoms with Crippen LogP contribution < -0.4 is 25.4 Å². The van der Waals surface area contributed by atoms with E-state index in [0.717, 1.165) is 11.4 Å². The molecule has 2 aromatic rings. The highest BCUT2D eigenvalue weighted by atomic mass is 16.6. The lowest BCUT2D eigenvalue weighted by atomic mass is 10.0. The molecule has 216 valence electrons. The van der Waals surface area contributed by atoms with Gasteiger partial charge in [0.05, 0.1) is 20.3 Å². The molecule has 0 unspecified atom stereocenters. The molecule has 2 aliphatic rings. The smallest absolute Gasteiger partial charge is 0.407 e. The summed E-state index contributed by atoms with van der Waals surface area (Å²) in [6.07, 6.45) is 3.94. The van der Waals surface area contributed by atoms with Gasteiger partial charge in [-0.25, -0.2) is 9.78 Å². The van der Waals surface area contributed by atoms with Gasteiger partial charge < -0.3 is 39.6 Å². The molecule has 1 aromatic carbocycles. The zero-order chi connectivity index (χ0) is 28.6. The molecule has 0 spiro atoms. The van der Waals surface area contributed by atoms with Gasteiger partial charge in [-0.1, -0.05) is 13.8 Å². The number of rotatable bonds is 3. The minimum Gasteiger partial charge on any atom is -0.493 e. The molecule has 3 heterocycles. The lowest BCUT2D eigenvalue weighted by Gasteiger charge is -2.27. The number of nitrogens with one attached hydrogen (secondary N) is 3. The van der Waals surface area contributed by atoms with Gasteiger partial charge in [0.2, 0.25) is 17.7 Å². The van der Waals surface area contributed by atoms with Crippen molar-refractivity contribution in [3.8, 4) is 22.9 Å². The van der Waals surface area contributed by atoms with Gasteiger partial charge in [-0.15, -0.1) is 0 Å². The molecule has 3 N–H and O–H groups in total. The van der Waals surface area contributed by atoms with Gasteiger partial charge in [0.25, 0.3) is 0 Å². The first kappa shape index (κ1) is 28.7. The number of methoxy groups -OCH3 is 1. The van der Waals surface area contributed by atoms with E-state index in [1.165, 1.54) is 4.90 Å². The van der Waals surface area contributed by atoms with Crippen LogP contribution in [0.1, 0.15) is 26.7 Å². The zero-order valence-corrected chi connectivity index (χ0v) is 23.0. The minimum absolute atomic E-state index is 0.122. The zero-order valence-electron chi connectivity index (χ0n) is 23.0. The van der Waals surface area contributed by atoms with Gasteiger partial charge in [-0.3, -0.25) is 14.4 Å². The maximum atomic E-state index is 13.2. The Morgan fingerprint density at radius 2 is 1.95 bits per heavy atom. The Hall–Kier alpha value is -4.29. The molecule has 13 heteroatoms. The molecule has 0 saturated carbocycles. The lowest BCUT2D eigenvalue weighted by Crippen LogP contribution is -2.54. The van der Waals surface area contributed by atoms with Crippen LogP contribution >= 0.6 is 0 Å². The van der Waals surface area contributed by atoms with Crippen molar-refractivity contribution in [2.24, 2.45) is 5.92 Å². The summed E-state index contributed by atoms with van der Waals surface area (Å²) >= 11 is 0. The summed E-state index contributed by atoms with van der Waals surface area (Å²) in [6.45, 7) is 4.68. The third kappa shape index (κ3) is 7.01. The number of hydrogen-bond acceptors (Lipinski definition) is 8. The van der Waals surface area contributed by atoms with Gasteiger partial charge in [0.15, 0.2) is 11.5 Å². The fraction of sp³-hybridized carbons (Fsp3) is 0.519. The van der Waals surface area contributed by atoms with Crippen LogP contribution in [-0.2, 0) is 25.7 Å². The second kappa shape index (κ2) is 13.2. The summed E-state index contributed by atoms with van der Waals surface area (Å²) in [5.74, 6) is 0.406. The standard InChI is InChI=1S/C27H36N6O7/c1-17(2)23-25(35)29-8-4-10-32-12-9-28-24(32)18-6-7-20(38-3)21(14-18)39-13-5-11-33(15-22(34)31-23)26(36)19-16-40-27(37)30-19/h6-7,9,12,14,17,19,23H,4-5,8,10-11,13,15-16H2,1-3H3,(H,29,35)(H,30,37)(H,31,34)/t19-,23+/m0/s1. The van der Waals surface area contributed by atoms with E-state index in [1.807, 2.05) is 36.7 Å². The average Bonchev–Trinajstić information content (AvgIpc) is 3.59. The number of imidazole rings is 1. The van der Waals surface area contributed by atoms with Crippen molar-refractivity contribution < 1.29 is 33.4 Å². The van der Waals surface area contributed by atoms with E-state index in [0.29, 0.717) is 37.4 Å². The van der Waals surface area contributed by atoms with Crippen LogP contribution in [0.3, 0.4) is 0 Å². The molecular formula is C27H36N6O7. The third-order valence-corrected chi connectivity index (χ3v) is 6.73. The maximum absolute atomic E-state index is 13.2. The molecule has 4 rings (SSSR count). The van der Waals surface area contributed by atoms with E-state index in [2.05, 4.69) is 20.9 Å². The number of amides is 4. The fourth-order valence-electron chi connectivity index (χ4n) is 4.62. The number of alkyl carbamates (subject to hydrolysis) is 1. The van der Waals surface area contributed by atoms with E-state index >= 15 is 0 Å². The predicted octanol–water partition coefficient (Wildman–Crippen LogP) is 0.925. The van der Waals surface area contributed by atoms with Crippen molar-refractivity contribution in [2.45, 2.75) is 45.3 Å². The van der Waals surface area contributed by atoms with Crippen molar-refractivity contribution in [1.29, 1.82) is 0 Å². The quantitative estimate of drug-likeness (QED) is 0.505. The van der Waals surface area contributed by atoms with Gasteiger partial charge in [0.1, 0.15) is 24.5 Å². The van der Waals surface area contributed by atoms with Gasteiger partial charge >= 0.3 is 6.09 Å². The summed E-state index contributed by atoms with van der Waals surface area (Å²) in [5, 5.41) is 8.14. The van der Waals surface area contributed by atoms with Crippen molar-refractivity contribution in [1.82, 2.24) is 30.4 Å². The fourth-order valence-corrected chi connectivity index (χ4v) is 4.62. The number of benzene rings is 1. The van der Waals surface area contributed by atoms with Crippen LogP contribution in [0.2, 0.25) is 0 Å². The van der Waals surface area contributed by atoms with E-state index in [4.69, 9.17) is 14.2 Å². The van der Waals surface area contributed by atoms with Crippen LogP contribution in [0.25, 0.3) is 11.4 Å². The number of nitrogens with zero attached hydrogens (tertiary/aromatic N) is 3. The van der Waals surface area contributed by atoms with Crippen LogP contribution in [0.4, 0.5) is 4.79 Å². The second-order valence-corrected chi connectivity index (χ2v) is 10.0. The van der Waals surface area contributed by atoms with Gasteiger partial charge in [0, 0.05) is 37.6 Å². The number of carbonyl (C=O) groups excluding carboxylic acids is 4. The molecule has 1 aromatic heterocycles. The molecule has 2 bridgehead atoms. The van der Waals surface area contributed by atoms with Crippen molar-refractivity contribution in [3.05, 3.63) is 30.6 Å². The van der Waals surface area contributed by atoms with Crippen LogP contribution in [0.15, 0.2) is 30.6 Å². The molecule has 2 aliphatic heterocycles. The number of cyclic esters (lactones) is 1. The summed E-state index contributed by atoms with van der Waals surface area (Å²) < 4.78 is 18.4. The molecule has 0 radical (unpaired) electrons. The normalized spacial score (nSPS) is 21.0. The number of aromatic nitrogens is 2. The van der Waals surface area contributed by atoms with Crippen LogP contribution in [-0.4, -0.2) is 90.3 Å². The van der Waals surface area contributed by atoms with Crippen LogP contribution in [0.5, 0.6) is 11.5 Å². The number of ether oxygens (including phenoxy) is 3. The number of hydrogen-bond donors (Lipinski definition) is 3. The van der Waals surface area contributed by atoms with Crippen molar-refractivity contribution in [2.75, 3.05) is 40.0 Å². The molecule has 1 fully saturated rings. The monoisotopic (exact) mass is 556 g/mol. The van der Waals surface area contributed by atoms with E-state index in [1.54, 1.807) is 19.4 Å². The Balaban J connectivity index is 1.58. The van der Waals surface area contributed by atoms with E-state index in [9.17, 15) is 19.2 Å². The minimum atomic E-state index is -0.896. The third-order valence-electron chi connectivity index (χ3n) is 6.73. The Morgan fingerprint density at radius 3 is 2.67 bits per heavy atom.